The van der Waals surface area contributed by atoms with Crippen molar-refractivity contribution in [1.29, 1.82) is 0 Å². The summed E-state index contributed by atoms with van der Waals surface area (Å²) in [4.78, 5) is 24.0. The van der Waals surface area contributed by atoms with E-state index < -0.39 is 33.6 Å². The number of nitrogens with one attached hydrogen (secondary N) is 3. The van der Waals surface area contributed by atoms with Crippen molar-refractivity contribution in [3.8, 4) is 0 Å². The van der Waals surface area contributed by atoms with Gasteiger partial charge in [0.15, 0.2) is 0 Å². The molecule has 0 heterocycles. The van der Waals surface area contributed by atoms with E-state index in [9.17, 15) is 31.2 Å². The van der Waals surface area contributed by atoms with Crippen LogP contribution in [0.1, 0.15) is 48.5 Å². The van der Waals surface area contributed by atoms with Crippen LogP contribution in [0.15, 0.2) is 47.4 Å². The van der Waals surface area contributed by atoms with Crippen molar-refractivity contribution in [2.24, 2.45) is 0 Å². The Balaban J connectivity index is 1.87. The van der Waals surface area contributed by atoms with Crippen LogP contribution in [0.5, 0.6) is 0 Å². The molecule has 2 aromatic rings. The van der Waals surface area contributed by atoms with Crippen molar-refractivity contribution in [2.45, 2.75) is 49.7 Å². The third kappa shape index (κ3) is 5.86. The molecule has 11 heteroatoms. The van der Waals surface area contributed by atoms with Crippen molar-refractivity contribution in [2.75, 3.05) is 10.6 Å². The minimum absolute atomic E-state index is 0.0227. The maximum absolute atomic E-state index is 13.1. The van der Waals surface area contributed by atoms with Gasteiger partial charge in [-0.3, -0.25) is 9.59 Å². The third-order valence-electron chi connectivity index (χ3n) is 4.99. The second kappa shape index (κ2) is 9.29. The van der Waals surface area contributed by atoms with Crippen LogP contribution in [-0.2, 0) is 21.0 Å². The number of hydrogen-bond acceptors (Lipinski definition) is 4. The molecule has 7 nitrogen and oxygen atoms in total. The van der Waals surface area contributed by atoms with E-state index in [1.807, 2.05) is 0 Å². The molecule has 3 rings (SSSR count). The van der Waals surface area contributed by atoms with Gasteiger partial charge in [-0.1, -0.05) is 18.9 Å². The highest BCUT2D eigenvalue weighted by atomic mass is 32.2. The third-order valence-corrected chi connectivity index (χ3v) is 6.51. The first kappa shape index (κ1) is 23.7. The zero-order valence-electron chi connectivity index (χ0n) is 17.1. The Kier molecular flexibility index (Phi) is 6.89. The molecule has 172 valence electrons. The predicted octanol–water partition coefficient (Wildman–Crippen LogP) is 4.14. The zero-order chi connectivity index (χ0) is 23.5. The zero-order valence-corrected chi connectivity index (χ0v) is 17.9. The van der Waals surface area contributed by atoms with Gasteiger partial charge in [0.2, 0.25) is 15.9 Å². The van der Waals surface area contributed by atoms with E-state index in [1.165, 1.54) is 25.1 Å². The van der Waals surface area contributed by atoms with Crippen LogP contribution < -0.4 is 15.4 Å². The van der Waals surface area contributed by atoms with Gasteiger partial charge in [-0.2, -0.15) is 13.2 Å². The van der Waals surface area contributed by atoms with Crippen LogP contribution >= 0.6 is 0 Å². The fourth-order valence-electron chi connectivity index (χ4n) is 3.45. The second-order valence-corrected chi connectivity index (χ2v) is 9.24. The van der Waals surface area contributed by atoms with Crippen LogP contribution in [-0.4, -0.2) is 26.3 Å². The van der Waals surface area contributed by atoms with Crippen LogP contribution in [0.25, 0.3) is 0 Å². The van der Waals surface area contributed by atoms with Gasteiger partial charge < -0.3 is 10.6 Å². The molecular weight excluding hydrogens is 447 g/mol. The standard InChI is InChI=1S/C21H22F3N3O4S/c1-13(28)25-18-10-9-15(21(22,23)24)12-19(18)26-20(29)14-5-4-8-17(11-14)32(30,31)27-16-6-2-3-7-16/h4-5,8-12,16,27H,2-3,6-7H2,1H3,(H,25,28)(H,26,29). The van der Waals surface area contributed by atoms with Gasteiger partial charge in [0.1, 0.15) is 0 Å². The van der Waals surface area contributed by atoms with E-state index in [4.69, 9.17) is 0 Å². The number of carbonyl (C=O) groups excluding carboxylic acids is 2. The van der Waals surface area contributed by atoms with Gasteiger partial charge in [0.25, 0.3) is 5.91 Å². The van der Waals surface area contributed by atoms with Gasteiger partial charge in [-0.15, -0.1) is 0 Å². The summed E-state index contributed by atoms with van der Waals surface area (Å²) in [5, 5.41) is 4.69. The molecule has 0 atom stereocenters. The predicted molar refractivity (Wildman–Crippen MR) is 113 cm³/mol. The Hall–Kier alpha value is -2.92. The molecule has 1 aliphatic carbocycles. The molecule has 1 fully saturated rings. The number of hydrogen-bond donors (Lipinski definition) is 3. The average molecular weight is 469 g/mol. The first-order valence-electron chi connectivity index (χ1n) is 9.88. The fraction of sp³-hybridized carbons (Fsp3) is 0.333. The fourth-order valence-corrected chi connectivity index (χ4v) is 4.80. The molecule has 2 aromatic carbocycles. The van der Waals surface area contributed by atoms with Gasteiger partial charge in [0.05, 0.1) is 21.8 Å². The topological polar surface area (TPSA) is 104 Å². The lowest BCUT2D eigenvalue weighted by Gasteiger charge is -2.15. The molecule has 32 heavy (non-hydrogen) atoms. The summed E-state index contributed by atoms with van der Waals surface area (Å²) >= 11 is 0. The number of halogens is 3. The first-order chi connectivity index (χ1) is 15.0. The number of sulfonamides is 1. The van der Waals surface area contributed by atoms with Crippen molar-refractivity contribution >= 4 is 33.2 Å². The van der Waals surface area contributed by atoms with E-state index in [2.05, 4.69) is 15.4 Å². The van der Waals surface area contributed by atoms with Crippen LogP contribution in [0.3, 0.4) is 0 Å². The summed E-state index contributed by atoms with van der Waals surface area (Å²) in [5.74, 6) is -1.36. The first-order valence-corrected chi connectivity index (χ1v) is 11.4. The van der Waals surface area contributed by atoms with Gasteiger partial charge in [-0.25, -0.2) is 13.1 Å². The number of anilines is 2. The second-order valence-electron chi connectivity index (χ2n) is 7.52. The lowest BCUT2D eigenvalue weighted by molar-refractivity contribution is -0.137. The Bertz CT molecular complexity index is 1130. The summed E-state index contributed by atoms with van der Waals surface area (Å²) in [5.41, 5.74) is -1.37. The highest BCUT2D eigenvalue weighted by molar-refractivity contribution is 7.89. The molecule has 0 saturated heterocycles. The molecular formula is C21H22F3N3O4S. The number of benzene rings is 2. The number of amides is 2. The van der Waals surface area contributed by atoms with Gasteiger partial charge in [0, 0.05) is 18.5 Å². The molecule has 0 spiro atoms. The van der Waals surface area contributed by atoms with Gasteiger partial charge >= 0.3 is 6.18 Å². The molecule has 0 unspecified atom stereocenters. The summed E-state index contributed by atoms with van der Waals surface area (Å²) in [6, 6.07) is 7.55. The number of rotatable bonds is 6. The van der Waals surface area contributed by atoms with E-state index in [0.717, 1.165) is 43.9 Å². The summed E-state index contributed by atoms with van der Waals surface area (Å²) in [6.45, 7) is 1.18. The maximum Gasteiger partial charge on any atom is 0.416 e. The summed E-state index contributed by atoms with van der Waals surface area (Å²) in [7, 11) is -3.86. The Labute approximate surface area is 183 Å². The number of alkyl halides is 3. The number of carbonyl (C=O) groups is 2. The Morgan fingerprint density at radius 1 is 0.969 bits per heavy atom. The summed E-state index contributed by atoms with van der Waals surface area (Å²) in [6.07, 6.45) is -1.32. The maximum atomic E-state index is 13.1. The average Bonchev–Trinajstić information content (AvgIpc) is 3.20. The van der Waals surface area contributed by atoms with Crippen molar-refractivity contribution in [3.63, 3.8) is 0 Å². The van der Waals surface area contributed by atoms with E-state index >= 15 is 0 Å². The van der Waals surface area contributed by atoms with E-state index in [0.29, 0.717) is 6.07 Å². The summed E-state index contributed by atoms with van der Waals surface area (Å²) < 4.78 is 67.2. The van der Waals surface area contributed by atoms with Crippen molar-refractivity contribution in [3.05, 3.63) is 53.6 Å². The molecule has 2 amide bonds. The van der Waals surface area contributed by atoms with Crippen LogP contribution in [0, 0.1) is 0 Å². The molecule has 1 saturated carbocycles. The highest BCUT2D eigenvalue weighted by Gasteiger charge is 2.31. The van der Waals surface area contributed by atoms with Gasteiger partial charge in [-0.05, 0) is 49.2 Å². The lowest BCUT2D eigenvalue weighted by atomic mass is 10.1. The van der Waals surface area contributed by atoms with Crippen molar-refractivity contribution < 1.29 is 31.2 Å². The smallest absolute Gasteiger partial charge is 0.325 e. The SMILES string of the molecule is CC(=O)Nc1ccc(C(F)(F)F)cc1NC(=O)c1cccc(S(=O)(=O)NC2CCCC2)c1. The Morgan fingerprint density at radius 3 is 2.28 bits per heavy atom. The monoisotopic (exact) mass is 469 g/mol. The van der Waals surface area contributed by atoms with Crippen LogP contribution in [0.2, 0.25) is 0 Å². The molecule has 3 N–H and O–H groups in total. The molecule has 0 radical (unpaired) electrons. The van der Waals surface area contributed by atoms with Crippen molar-refractivity contribution in [1.82, 2.24) is 4.72 Å². The van der Waals surface area contributed by atoms with E-state index in [1.54, 1.807) is 0 Å². The lowest BCUT2D eigenvalue weighted by Crippen LogP contribution is -2.32. The Morgan fingerprint density at radius 2 is 1.66 bits per heavy atom. The minimum Gasteiger partial charge on any atom is -0.325 e. The quantitative estimate of drug-likeness (QED) is 0.592. The molecule has 0 aliphatic heterocycles. The molecule has 0 aromatic heterocycles. The highest BCUT2D eigenvalue weighted by Crippen LogP contribution is 2.34. The minimum atomic E-state index is -4.66. The largest absolute Gasteiger partial charge is 0.416 e. The molecule has 1 aliphatic rings. The van der Waals surface area contributed by atoms with Crippen LogP contribution in [0.4, 0.5) is 24.5 Å². The van der Waals surface area contributed by atoms with E-state index in [-0.39, 0.29) is 27.9 Å². The molecule has 0 bridgehead atoms. The normalized spacial score (nSPS) is 14.9.